The number of nitrogens with one attached hydrogen (secondary N) is 2. The van der Waals surface area contributed by atoms with Crippen LogP contribution in [-0.2, 0) is 9.53 Å². The van der Waals surface area contributed by atoms with Crippen molar-refractivity contribution >= 4 is 34.1 Å². The Balaban J connectivity index is 1.34. The zero-order valence-electron chi connectivity index (χ0n) is 11.1. The van der Waals surface area contributed by atoms with Gasteiger partial charge in [0.15, 0.2) is 4.34 Å². The Morgan fingerprint density at radius 3 is 3.05 bits per heavy atom. The predicted molar refractivity (Wildman–Crippen MR) is 79.3 cm³/mol. The average Bonchev–Trinajstić information content (AvgIpc) is 2.93. The van der Waals surface area contributed by atoms with Gasteiger partial charge in [-0.3, -0.25) is 4.79 Å². The molecule has 0 unspecified atom stereocenters. The maximum Gasteiger partial charge on any atom is 0.230 e. The lowest BCUT2D eigenvalue weighted by Crippen LogP contribution is -2.32. The molecule has 1 aromatic rings. The molecular formula is C12H18N4O2S2. The minimum absolute atomic E-state index is 0.0254. The van der Waals surface area contributed by atoms with E-state index in [9.17, 15) is 4.79 Å². The largest absolute Gasteiger partial charge is 0.376 e. The van der Waals surface area contributed by atoms with Gasteiger partial charge in [-0.05, 0) is 25.7 Å². The van der Waals surface area contributed by atoms with Gasteiger partial charge in [0.05, 0.1) is 11.9 Å². The summed E-state index contributed by atoms with van der Waals surface area (Å²) in [5.74, 6) is 0.405. The molecule has 8 heteroatoms. The molecular weight excluding hydrogens is 296 g/mol. The first-order valence-electron chi connectivity index (χ1n) is 6.91. The van der Waals surface area contributed by atoms with Crippen LogP contribution in [0.1, 0.15) is 25.7 Å². The molecule has 0 radical (unpaired) electrons. The lowest BCUT2D eigenvalue weighted by atomic mass is 10.2. The van der Waals surface area contributed by atoms with Crippen molar-refractivity contribution in [3.8, 4) is 0 Å². The number of hydrogen-bond acceptors (Lipinski definition) is 7. The highest BCUT2D eigenvalue weighted by molar-refractivity contribution is 8.01. The van der Waals surface area contributed by atoms with Crippen LogP contribution in [0, 0.1) is 0 Å². The number of aromatic nitrogens is 2. The molecule has 0 aromatic carbocycles. The second kappa shape index (κ2) is 6.73. The highest BCUT2D eigenvalue weighted by Gasteiger charge is 2.22. The highest BCUT2D eigenvalue weighted by atomic mass is 32.2. The fourth-order valence-corrected chi connectivity index (χ4v) is 3.60. The SMILES string of the molecule is O=C(CSc1nnc(NC2CC2)s1)NC[C@@H]1CCCO1. The molecule has 1 saturated carbocycles. The van der Waals surface area contributed by atoms with Crippen LogP contribution in [0.4, 0.5) is 5.13 Å². The summed E-state index contributed by atoms with van der Waals surface area (Å²) in [6.07, 6.45) is 4.76. The second-order valence-electron chi connectivity index (χ2n) is 5.02. The van der Waals surface area contributed by atoms with E-state index >= 15 is 0 Å². The summed E-state index contributed by atoms with van der Waals surface area (Å²) < 4.78 is 6.30. The van der Waals surface area contributed by atoms with Gasteiger partial charge in [0.2, 0.25) is 11.0 Å². The molecule has 1 saturated heterocycles. The van der Waals surface area contributed by atoms with Crippen molar-refractivity contribution < 1.29 is 9.53 Å². The predicted octanol–water partition coefficient (Wildman–Crippen LogP) is 1.50. The Hall–Kier alpha value is -0.860. The van der Waals surface area contributed by atoms with Crippen LogP contribution in [0.25, 0.3) is 0 Å². The van der Waals surface area contributed by atoms with E-state index in [-0.39, 0.29) is 12.0 Å². The van der Waals surface area contributed by atoms with Crippen LogP contribution < -0.4 is 10.6 Å². The van der Waals surface area contributed by atoms with Crippen molar-refractivity contribution in [1.82, 2.24) is 15.5 Å². The van der Waals surface area contributed by atoms with Gasteiger partial charge in [-0.1, -0.05) is 23.1 Å². The van der Waals surface area contributed by atoms with Crippen LogP contribution in [0.2, 0.25) is 0 Å². The molecule has 2 aliphatic rings. The summed E-state index contributed by atoms with van der Waals surface area (Å²) in [7, 11) is 0. The van der Waals surface area contributed by atoms with Gasteiger partial charge < -0.3 is 15.4 Å². The third-order valence-electron chi connectivity index (χ3n) is 3.19. The summed E-state index contributed by atoms with van der Waals surface area (Å²) in [5, 5.41) is 15.2. The lowest BCUT2D eigenvalue weighted by molar-refractivity contribution is -0.119. The monoisotopic (exact) mass is 314 g/mol. The van der Waals surface area contributed by atoms with E-state index in [1.165, 1.54) is 35.9 Å². The molecule has 110 valence electrons. The van der Waals surface area contributed by atoms with E-state index in [0.29, 0.717) is 18.3 Å². The van der Waals surface area contributed by atoms with Crippen LogP contribution in [0.3, 0.4) is 0 Å². The molecule has 0 bridgehead atoms. The molecule has 1 aromatic heterocycles. The van der Waals surface area contributed by atoms with Crippen molar-refractivity contribution in [2.24, 2.45) is 0 Å². The van der Waals surface area contributed by atoms with E-state index in [0.717, 1.165) is 28.9 Å². The maximum atomic E-state index is 11.7. The van der Waals surface area contributed by atoms with Crippen molar-refractivity contribution in [2.45, 2.75) is 42.2 Å². The van der Waals surface area contributed by atoms with Crippen molar-refractivity contribution in [3.63, 3.8) is 0 Å². The number of anilines is 1. The molecule has 20 heavy (non-hydrogen) atoms. The van der Waals surface area contributed by atoms with E-state index in [2.05, 4.69) is 20.8 Å². The minimum atomic E-state index is 0.0254. The number of nitrogens with zero attached hydrogens (tertiary/aromatic N) is 2. The lowest BCUT2D eigenvalue weighted by Gasteiger charge is -2.09. The van der Waals surface area contributed by atoms with Crippen LogP contribution in [0.5, 0.6) is 0 Å². The molecule has 2 fully saturated rings. The third-order valence-corrected chi connectivity index (χ3v) is 5.18. The Morgan fingerprint density at radius 2 is 2.30 bits per heavy atom. The van der Waals surface area contributed by atoms with E-state index in [4.69, 9.17) is 4.74 Å². The number of rotatable bonds is 7. The number of carbonyl (C=O) groups is 1. The Bertz CT molecular complexity index is 458. The first-order valence-corrected chi connectivity index (χ1v) is 8.71. The zero-order chi connectivity index (χ0) is 13.8. The van der Waals surface area contributed by atoms with Gasteiger partial charge >= 0.3 is 0 Å². The van der Waals surface area contributed by atoms with Crippen molar-refractivity contribution in [2.75, 3.05) is 24.2 Å². The van der Waals surface area contributed by atoms with Crippen LogP contribution >= 0.6 is 23.1 Å². The summed E-state index contributed by atoms with van der Waals surface area (Å²) >= 11 is 2.94. The Morgan fingerprint density at radius 1 is 1.40 bits per heavy atom. The summed E-state index contributed by atoms with van der Waals surface area (Å²) in [6, 6.07) is 0.579. The number of ether oxygens (including phenoxy) is 1. The molecule has 0 spiro atoms. The zero-order valence-corrected chi connectivity index (χ0v) is 12.8. The molecule has 2 heterocycles. The standard InChI is InChI=1S/C12H18N4O2S2/c17-10(13-6-9-2-1-5-18-9)7-19-12-16-15-11(20-12)14-8-3-4-8/h8-9H,1-7H2,(H,13,17)(H,14,15)/t9-/m0/s1. The fourth-order valence-electron chi connectivity index (χ4n) is 1.94. The number of carbonyl (C=O) groups excluding carboxylic acids is 1. The Labute approximate surface area is 126 Å². The number of thioether (sulfide) groups is 1. The van der Waals surface area contributed by atoms with Crippen molar-refractivity contribution in [3.05, 3.63) is 0 Å². The van der Waals surface area contributed by atoms with E-state index < -0.39 is 0 Å². The molecule has 1 amide bonds. The van der Waals surface area contributed by atoms with Crippen LogP contribution in [-0.4, -0.2) is 47.2 Å². The Kier molecular flexibility index (Phi) is 4.74. The third kappa shape index (κ3) is 4.32. The number of amides is 1. The molecule has 3 rings (SSSR count). The topological polar surface area (TPSA) is 76.1 Å². The first kappa shape index (κ1) is 14.1. The fraction of sp³-hybridized carbons (Fsp3) is 0.750. The van der Waals surface area contributed by atoms with Gasteiger partial charge in [-0.15, -0.1) is 10.2 Å². The normalized spacial score (nSPS) is 21.9. The summed E-state index contributed by atoms with van der Waals surface area (Å²) in [5.41, 5.74) is 0. The quantitative estimate of drug-likeness (QED) is 0.743. The molecule has 1 aliphatic carbocycles. The summed E-state index contributed by atoms with van der Waals surface area (Å²) in [6.45, 7) is 1.43. The maximum absolute atomic E-state index is 11.7. The molecule has 6 nitrogen and oxygen atoms in total. The van der Waals surface area contributed by atoms with Gasteiger partial charge in [-0.2, -0.15) is 0 Å². The average molecular weight is 314 g/mol. The first-order chi connectivity index (χ1) is 9.79. The minimum Gasteiger partial charge on any atom is -0.376 e. The van der Waals surface area contributed by atoms with E-state index in [1.54, 1.807) is 0 Å². The molecule has 1 atom stereocenters. The van der Waals surface area contributed by atoms with Gasteiger partial charge in [0.25, 0.3) is 0 Å². The second-order valence-corrected chi connectivity index (χ2v) is 7.22. The van der Waals surface area contributed by atoms with Gasteiger partial charge in [-0.25, -0.2) is 0 Å². The van der Waals surface area contributed by atoms with Crippen LogP contribution in [0.15, 0.2) is 4.34 Å². The van der Waals surface area contributed by atoms with Gasteiger partial charge in [0, 0.05) is 19.2 Å². The summed E-state index contributed by atoms with van der Waals surface area (Å²) in [4.78, 5) is 11.7. The highest BCUT2D eigenvalue weighted by Crippen LogP contribution is 2.30. The number of hydrogen-bond donors (Lipinski definition) is 2. The van der Waals surface area contributed by atoms with Crippen molar-refractivity contribution in [1.29, 1.82) is 0 Å². The van der Waals surface area contributed by atoms with E-state index in [1.807, 2.05) is 0 Å². The molecule has 1 aliphatic heterocycles. The molecule has 2 N–H and O–H groups in total. The van der Waals surface area contributed by atoms with Gasteiger partial charge in [0.1, 0.15) is 0 Å². The smallest absolute Gasteiger partial charge is 0.230 e.